The van der Waals surface area contributed by atoms with E-state index in [1.807, 2.05) is 6.92 Å². The molecule has 1 aromatic carbocycles. The van der Waals surface area contributed by atoms with Crippen molar-refractivity contribution in [2.45, 2.75) is 13.8 Å². The smallest absolute Gasteiger partial charge is 0.311 e. The summed E-state index contributed by atoms with van der Waals surface area (Å²) in [4.78, 5) is 22.7. The SMILES string of the molecule is CCOc1c(C(=O)NCC2(C)COC2)cccc1[N+](=O)[O-]. The van der Waals surface area contributed by atoms with Crippen molar-refractivity contribution in [2.75, 3.05) is 26.4 Å². The first-order chi connectivity index (χ1) is 9.97. The normalized spacial score (nSPS) is 15.9. The van der Waals surface area contributed by atoms with Gasteiger partial charge in [0.15, 0.2) is 0 Å². The Labute approximate surface area is 122 Å². The quantitative estimate of drug-likeness (QED) is 0.637. The lowest BCUT2D eigenvalue weighted by Gasteiger charge is -2.38. The molecule has 1 aliphatic rings. The van der Waals surface area contributed by atoms with Crippen LogP contribution in [-0.2, 0) is 4.74 Å². The molecule has 21 heavy (non-hydrogen) atoms. The fourth-order valence-corrected chi connectivity index (χ4v) is 2.08. The maximum Gasteiger partial charge on any atom is 0.311 e. The molecule has 1 heterocycles. The van der Waals surface area contributed by atoms with Crippen molar-refractivity contribution in [2.24, 2.45) is 5.41 Å². The third-order valence-corrected chi connectivity index (χ3v) is 3.30. The number of nitrogens with zero attached hydrogens (tertiary/aromatic N) is 1. The van der Waals surface area contributed by atoms with E-state index in [0.29, 0.717) is 19.8 Å². The summed E-state index contributed by atoms with van der Waals surface area (Å²) in [6.07, 6.45) is 0. The van der Waals surface area contributed by atoms with Gasteiger partial charge in [-0.1, -0.05) is 13.0 Å². The molecule has 0 atom stereocenters. The van der Waals surface area contributed by atoms with Crippen molar-refractivity contribution in [1.82, 2.24) is 5.32 Å². The van der Waals surface area contributed by atoms with Gasteiger partial charge in [0.1, 0.15) is 0 Å². The van der Waals surface area contributed by atoms with Gasteiger partial charge in [-0.25, -0.2) is 0 Å². The molecule has 0 unspecified atom stereocenters. The fourth-order valence-electron chi connectivity index (χ4n) is 2.08. The zero-order valence-electron chi connectivity index (χ0n) is 12.0. The Kier molecular flexibility index (Phi) is 4.42. The van der Waals surface area contributed by atoms with Crippen LogP contribution in [0.4, 0.5) is 5.69 Å². The molecule has 0 bridgehead atoms. The van der Waals surface area contributed by atoms with Crippen LogP contribution < -0.4 is 10.1 Å². The van der Waals surface area contributed by atoms with Crippen molar-refractivity contribution in [3.63, 3.8) is 0 Å². The first-order valence-corrected chi connectivity index (χ1v) is 6.73. The van der Waals surface area contributed by atoms with E-state index in [1.165, 1.54) is 18.2 Å². The van der Waals surface area contributed by atoms with Crippen LogP contribution in [0.2, 0.25) is 0 Å². The third-order valence-electron chi connectivity index (χ3n) is 3.30. The van der Waals surface area contributed by atoms with Crippen molar-refractivity contribution in [1.29, 1.82) is 0 Å². The number of para-hydroxylation sites is 1. The summed E-state index contributed by atoms with van der Waals surface area (Å²) in [5, 5.41) is 13.8. The van der Waals surface area contributed by atoms with Crippen LogP contribution in [0.1, 0.15) is 24.2 Å². The maximum atomic E-state index is 12.2. The van der Waals surface area contributed by atoms with Crippen LogP contribution in [0.15, 0.2) is 18.2 Å². The molecule has 1 aliphatic heterocycles. The number of benzene rings is 1. The van der Waals surface area contributed by atoms with Gasteiger partial charge in [-0.15, -0.1) is 0 Å². The van der Waals surface area contributed by atoms with Gasteiger partial charge in [0.2, 0.25) is 5.75 Å². The average Bonchev–Trinajstić information content (AvgIpc) is 2.43. The van der Waals surface area contributed by atoms with E-state index >= 15 is 0 Å². The monoisotopic (exact) mass is 294 g/mol. The Balaban J connectivity index is 2.19. The zero-order valence-corrected chi connectivity index (χ0v) is 12.0. The lowest BCUT2D eigenvalue weighted by molar-refractivity contribution is -0.385. The summed E-state index contributed by atoms with van der Waals surface area (Å²) in [7, 11) is 0. The molecule has 0 spiro atoms. The number of nitro groups is 1. The molecule has 7 heteroatoms. The molecule has 1 aromatic rings. The van der Waals surface area contributed by atoms with Crippen LogP contribution in [0.25, 0.3) is 0 Å². The minimum atomic E-state index is -0.553. The number of nitrogens with one attached hydrogen (secondary N) is 1. The predicted octanol–water partition coefficient (Wildman–Crippen LogP) is 1.76. The van der Waals surface area contributed by atoms with Crippen molar-refractivity contribution in [3.05, 3.63) is 33.9 Å². The molecular formula is C14H18N2O5. The highest BCUT2D eigenvalue weighted by Gasteiger charge is 2.34. The van der Waals surface area contributed by atoms with Gasteiger partial charge >= 0.3 is 5.69 Å². The summed E-state index contributed by atoms with van der Waals surface area (Å²) in [5.41, 5.74) is -0.0973. The number of hydrogen-bond acceptors (Lipinski definition) is 5. The average molecular weight is 294 g/mol. The molecule has 1 amide bonds. The molecule has 1 N–H and O–H groups in total. The molecule has 114 valence electrons. The Morgan fingerprint density at radius 1 is 1.52 bits per heavy atom. The van der Waals surface area contributed by atoms with Crippen LogP contribution in [0.5, 0.6) is 5.75 Å². The van der Waals surface area contributed by atoms with Crippen LogP contribution in [0.3, 0.4) is 0 Å². The highest BCUT2D eigenvalue weighted by Crippen LogP contribution is 2.31. The number of hydrogen-bond donors (Lipinski definition) is 1. The summed E-state index contributed by atoms with van der Waals surface area (Å²) >= 11 is 0. The van der Waals surface area contributed by atoms with E-state index in [9.17, 15) is 14.9 Å². The number of nitro benzene ring substituents is 1. The second-order valence-electron chi connectivity index (χ2n) is 5.33. The molecule has 7 nitrogen and oxygen atoms in total. The second kappa shape index (κ2) is 6.09. The Bertz CT molecular complexity index is 554. The summed E-state index contributed by atoms with van der Waals surface area (Å²) < 4.78 is 10.4. The highest BCUT2D eigenvalue weighted by atomic mass is 16.6. The van der Waals surface area contributed by atoms with E-state index in [-0.39, 0.29) is 34.9 Å². The zero-order chi connectivity index (χ0) is 15.5. The van der Waals surface area contributed by atoms with Gasteiger partial charge in [-0.3, -0.25) is 14.9 Å². The van der Waals surface area contributed by atoms with Gasteiger partial charge in [0, 0.05) is 18.0 Å². The van der Waals surface area contributed by atoms with E-state index in [4.69, 9.17) is 9.47 Å². The summed E-state index contributed by atoms with van der Waals surface area (Å²) in [5.74, 6) is -0.368. The second-order valence-corrected chi connectivity index (χ2v) is 5.33. The molecular weight excluding hydrogens is 276 g/mol. The largest absolute Gasteiger partial charge is 0.487 e. The molecule has 0 aliphatic carbocycles. The minimum Gasteiger partial charge on any atom is -0.487 e. The molecule has 0 saturated carbocycles. The first kappa shape index (κ1) is 15.2. The van der Waals surface area contributed by atoms with Crippen molar-refractivity contribution in [3.8, 4) is 5.75 Å². The number of ether oxygens (including phenoxy) is 2. The fraction of sp³-hybridized carbons (Fsp3) is 0.500. The Hall–Kier alpha value is -2.15. The Morgan fingerprint density at radius 3 is 2.76 bits per heavy atom. The summed E-state index contributed by atoms with van der Waals surface area (Å²) in [6.45, 7) is 5.62. The van der Waals surface area contributed by atoms with Crippen molar-refractivity contribution < 1.29 is 19.2 Å². The van der Waals surface area contributed by atoms with E-state index in [0.717, 1.165) is 0 Å². The number of rotatable bonds is 6. The maximum absolute atomic E-state index is 12.2. The highest BCUT2D eigenvalue weighted by molar-refractivity contribution is 5.98. The topological polar surface area (TPSA) is 90.7 Å². The summed E-state index contributed by atoms with van der Waals surface area (Å²) in [6, 6.07) is 4.32. The van der Waals surface area contributed by atoms with Crippen molar-refractivity contribution >= 4 is 11.6 Å². The first-order valence-electron chi connectivity index (χ1n) is 6.73. The number of carbonyl (C=O) groups is 1. The van der Waals surface area contributed by atoms with Crippen LogP contribution in [-0.4, -0.2) is 37.2 Å². The number of amides is 1. The molecule has 1 fully saturated rings. The molecule has 1 saturated heterocycles. The Morgan fingerprint density at radius 2 is 2.24 bits per heavy atom. The van der Waals surface area contributed by atoms with E-state index in [2.05, 4.69) is 5.32 Å². The predicted molar refractivity (Wildman–Crippen MR) is 75.5 cm³/mol. The van der Waals surface area contributed by atoms with Gasteiger partial charge < -0.3 is 14.8 Å². The van der Waals surface area contributed by atoms with Crippen LogP contribution >= 0.6 is 0 Å². The van der Waals surface area contributed by atoms with E-state index < -0.39 is 4.92 Å². The lowest BCUT2D eigenvalue weighted by Crippen LogP contribution is -2.48. The number of carbonyl (C=O) groups excluding carboxylic acids is 1. The van der Waals surface area contributed by atoms with Crippen LogP contribution in [0, 0.1) is 15.5 Å². The standard InChI is InChI=1S/C14H18N2O5/c1-3-21-12-10(5-4-6-11(12)16(18)19)13(17)15-7-14(2)8-20-9-14/h4-6H,3,7-9H2,1-2H3,(H,15,17). The molecule has 0 aromatic heterocycles. The minimum absolute atomic E-state index is 0.0116. The van der Waals surface area contributed by atoms with Gasteiger partial charge in [-0.05, 0) is 13.0 Å². The van der Waals surface area contributed by atoms with E-state index in [1.54, 1.807) is 6.92 Å². The van der Waals surface area contributed by atoms with Gasteiger partial charge in [0.25, 0.3) is 5.91 Å². The molecule has 0 radical (unpaired) electrons. The molecule has 2 rings (SSSR count). The van der Waals surface area contributed by atoms with Gasteiger partial charge in [0.05, 0.1) is 30.3 Å². The third kappa shape index (κ3) is 3.30. The van der Waals surface area contributed by atoms with Gasteiger partial charge in [-0.2, -0.15) is 0 Å². The lowest BCUT2D eigenvalue weighted by atomic mass is 9.88.